The van der Waals surface area contributed by atoms with Gasteiger partial charge in [-0.1, -0.05) is 71.4 Å². The Morgan fingerprint density at radius 1 is 1.10 bits per heavy atom. The summed E-state index contributed by atoms with van der Waals surface area (Å²) >= 11 is 0. The van der Waals surface area contributed by atoms with E-state index in [2.05, 4.69) is 46.8 Å². The summed E-state index contributed by atoms with van der Waals surface area (Å²) in [5, 5.41) is 23.6. The zero-order chi connectivity index (χ0) is 22.8. The largest absolute Gasteiger partial charge is 0.390 e. The highest BCUT2D eigenvalue weighted by Gasteiger charge is 2.64. The van der Waals surface area contributed by atoms with Gasteiger partial charge >= 0.3 is 0 Å². The Bertz CT molecular complexity index is 890. The molecule has 4 aliphatic carbocycles. The fourth-order valence-corrected chi connectivity index (χ4v) is 6.98. The first-order valence-corrected chi connectivity index (χ1v) is 12.2. The summed E-state index contributed by atoms with van der Waals surface area (Å²) in [6, 6.07) is 0. The molecule has 0 aromatic rings. The van der Waals surface area contributed by atoms with Crippen LogP contribution in [0, 0.1) is 34.5 Å². The van der Waals surface area contributed by atoms with Crippen molar-refractivity contribution >= 4 is 5.78 Å². The van der Waals surface area contributed by atoms with E-state index in [1.54, 1.807) is 6.08 Å². The second kappa shape index (κ2) is 7.56. The summed E-state index contributed by atoms with van der Waals surface area (Å²) in [4.78, 5) is 12.0. The lowest BCUT2D eigenvalue weighted by molar-refractivity contribution is -0.143. The van der Waals surface area contributed by atoms with Crippen LogP contribution in [0.25, 0.3) is 0 Å². The zero-order valence-electron chi connectivity index (χ0n) is 20.1. The van der Waals surface area contributed by atoms with Crippen molar-refractivity contribution in [2.75, 3.05) is 0 Å². The van der Waals surface area contributed by atoms with Gasteiger partial charge in [-0.25, -0.2) is 0 Å². The number of rotatable bonds is 4. The number of ketones is 1. The van der Waals surface area contributed by atoms with Crippen molar-refractivity contribution in [1.82, 2.24) is 0 Å². The molecule has 0 saturated heterocycles. The van der Waals surface area contributed by atoms with Gasteiger partial charge in [-0.3, -0.25) is 4.79 Å². The zero-order valence-corrected chi connectivity index (χ0v) is 20.1. The van der Waals surface area contributed by atoms with Crippen molar-refractivity contribution in [1.29, 1.82) is 0 Å². The van der Waals surface area contributed by atoms with Gasteiger partial charge in [0.25, 0.3) is 0 Å². The molecule has 1 fully saturated rings. The fourth-order valence-electron chi connectivity index (χ4n) is 6.98. The first kappa shape index (κ1) is 22.7. The van der Waals surface area contributed by atoms with Crippen molar-refractivity contribution < 1.29 is 15.0 Å². The standard InChI is InChI=1S/C28H40O3/c1-17(2)18(3)7-8-19(4)22-11-12-23-24-10-9-20-15-21(29)13-14-27(20,6)28(24,31)25(30)16-26(22,23)5/h7-10,15,17-19,22,25,30-31H,11-14,16H2,1-6H3. The molecule has 0 aliphatic heterocycles. The molecule has 7 unspecified atom stereocenters. The Kier molecular flexibility index (Phi) is 5.54. The van der Waals surface area contributed by atoms with Crippen LogP contribution in [0.3, 0.4) is 0 Å². The number of hydrogen-bond donors (Lipinski definition) is 2. The molecule has 0 heterocycles. The lowest BCUT2D eigenvalue weighted by Gasteiger charge is -2.58. The highest BCUT2D eigenvalue weighted by atomic mass is 16.3. The average molecular weight is 425 g/mol. The van der Waals surface area contributed by atoms with Gasteiger partial charge in [0.05, 0.1) is 6.10 Å². The summed E-state index contributed by atoms with van der Waals surface area (Å²) in [6.07, 6.45) is 13.3. The van der Waals surface area contributed by atoms with Gasteiger partial charge in [0.2, 0.25) is 0 Å². The number of aliphatic hydroxyl groups excluding tert-OH is 1. The predicted octanol–water partition coefficient (Wildman–Crippen LogP) is 5.54. The molecule has 170 valence electrons. The van der Waals surface area contributed by atoms with Crippen LogP contribution in [0.4, 0.5) is 0 Å². The van der Waals surface area contributed by atoms with E-state index in [0.29, 0.717) is 42.9 Å². The number of carbonyl (C=O) groups excluding carboxylic acids is 1. The smallest absolute Gasteiger partial charge is 0.156 e. The third-order valence-electron chi connectivity index (χ3n) is 9.55. The third kappa shape index (κ3) is 3.18. The number of fused-ring (bicyclic) bond motifs is 4. The first-order chi connectivity index (χ1) is 14.4. The van der Waals surface area contributed by atoms with E-state index in [1.165, 1.54) is 5.57 Å². The highest BCUT2D eigenvalue weighted by molar-refractivity contribution is 5.92. The summed E-state index contributed by atoms with van der Waals surface area (Å²) in [5.74, 6) is 2.18. The monoisotopic (exact) mass is 424 g/mol. The maximum absolute atomic E-state index is 12.1. The van der Waals surface area contributed by atoms with Gasteiger partial charge < -0.3 is 10.2 Å². The quantitative estimate of drug-likeness (QED) is 0.582. The molecule has 3 heteroatoms. The molecule has 3 nitrogen and oxygen atoms in total. The van der Waals surface area contributed by atoms with Gasteiger partial charge in [0.1, 0.15) is 5.60 Å². The molecule has 1 saturated carbocycles. The van der Waals surface area contributed by atoms with E-state index in [4.69, 9.17) is 0 Å². The molecular formula is C28H40O3. The van der Waals surface area contributed by atoms with E-state index in [0.717, 1.165) is 24.0 Å². The van der Waals surface area contributed by atoms with Gasteiger partial charge in [-0.2, -0.15) is 0 Å². The second-order valence-corrected chi connectivity index (χ2v) is 11.5. The van der Waals surface area contributed by atoms with Crippen LogP contribution in [0.2, 0.25) is 0 Å². The van der Waals surface area contributed by atoms with Crippen LogP contribution >= 0.6 is 0 Å². The molecule has 0 bridgehead atoms. The number of aliphatic hydroxyl groups is 2. The van der Waals surface area contributed by atoms with Gasteiger partial charge in [0, 0.05) is 11.8 Å². The molecule has 7 atom stereocenters. The van der Waals surface area contributed by atoms with Crippen LogP contribution in [0.15, 0.2) is 47.1 Å². The molecule has 0 aromatic carbocycles. The van der Waals surface area contributed by atoms with Crippen LogP contribution < -0.4 is 0 Å². The van der Waals surface area contributed by atoms with Crippen molar-refractivity contribution in [2.45, 2.75) is 85.4 Å². The van der Waals surface area contributed by atoms with E-state index in [-0.39, 0.29) is 11.2 Å². The Morgan fingerprint density at radius 3 is 2.48 bits per heavy atom. The SMILES string of the molecule is CC(C)C(C)C=CC(C)C1CCC2=C3C=CC4=CC(=O)CCC4(C)C3(O)C(O)CC21C. The molecule has 0 spiro atoms. The topological polar surface area (TPSA) is 57.5 Å². The lowest BCUT2D eigenvalue weighted by atomic mass is 9.50. The van der Waals surface area contributed by atoms with E-state index in [1.807, 2.05) is 19.1 Å². The van der Waals surface area contributed by atoms with E-state index in [9.17, 15) is 15.0 Å². The maximum atomic E-state index is 12.1. The number of hydrogen-bond acceptors (Lipinski definition) is 3. The Morgan fingerprint density at radius 2 is 1.81 bits per heavy atom. The van der Waals surface area contributed by atoms with Crippen LogP contribution in [-0.4, -0.2) is 27.7 Å². The summed E-state index contributed by atoms with van der Waals surface area (Å²) in [7, 11) is 0. The molecule has 4 aliphatic rings. The maximum Gasteiger partial charge on any atom is 0.156 e. The molecule has 31 heavy (non-hydrogen) atoms. The van der Waals surface area contributed by atoms with E-state index < -0.39 is 17.1 Å². The lowest BCUT2D eigenvalue weighted by Crippen LogP contribution is -2.62. The number of allylic oxidation sites excluding steroid dienone is 5. The van der Waals surface area contributed by atoms with Crippen molar-refractivity contribution in [3.05, 3.63) is 47.1 Å². The molecule has 4 rings (SSSR count). The van der Waals surface area contributed by atoms with E-state index >= 15 is 0 Å². The summed E-state index contributed by atoms with van der Waals surface area (Å²) < 4.78 is 0. The summed E-state index contributed by atoms with van der Waals surface area (Å²) in [6.45, 7) is 13.4. The molecule has 0 amide bonds. The normalized spacial score (nSPS) is 41.8. The average Bonchev–Trinajstić information content (AvgIpc) is 3.04. The van der Waals surface area contributed by atoms with Crippen molar-refractivity contribution in [2.24, 2.45) is 34.5 Å². The van der Waals surface area contributed by atoms with Crippen molar-refractivity contribution in [3.63, 3.8) is 0 Å². The third-order valence-corrected chi connectivity index (χ3v) is 9.55. The molecular weight excluding hydrogens is 384 g/mol. The fraction of sp³-hybridized carbons (Fsp3) is 0.679. The second-order valence-electron chi connectivity index (χ2n) is 11.5. The Labute approximate surface area is 188 Å². The minimum atomic E-state index is -1.32. The Hall–Kier alpha value is -1.45. The van der Waals surface area contributed by atoms with Crippen LogP contribution in [-0.2, 0) is 4.79 Å². The predicted molar refractivity (Wildman–Crippen MR) is 125 cm³/mol. The molecule has 0 aromatic heterocycles. The van der Waals surface area contributed by atoms with Crippen LogP contribution in [0.5, 0.6) is 0 Å². The van der Waals surface area contributed by atoms with Gasteiger partial charge in [-0.05, 0) is 72.0 Å². The van der Waals surface area contributed by atoms with Crippen molar-refractivity contribution in [3.8, 4) is 0 Å². The summed E-state index contributed by atoms with van der Waals surface area (Å²) in [5.41, 5.74) is 1.08. The molecule has 2 N–H and O–H groups in total. The minimum absolute atomic E-state index is 0.113. The van der Waals surface area contributed by atoms with Gasteiger partial charge in [-0.15, -0.1) is 0 Å². The van der Waals surface area contributed by atoms with Gasteiger partial charge in [0.15, 0.2) is 5.78 Å². The number of carbonyl (C=O) groups is 1. The van der Waals surface area contributed by atoms with Crippen LogP contribution in [0.1, 0.15) is 73.6 Å². The minimum Gasteiger partial charge on any atom is -0.390 e. The Balaban J connectivity index is 1.75. The molecule has 0 radical (unpaired) electrons. The highest BCUT2D eigenvalue weighted by Crippen LogP contribution is 2.65. The first-order valence-electron chi connectivity index (χ1n) is 12.2.